The summed E-state index contributed by atoms with van der Waals surface area (Å²) in [4.78, 5) is 25.5. The van der Waals surface area contributed by atoms with Crippen molar-refractivity contribution in [3.05, 3.63) is 108 Å². The Kier molecular flexibility index (Phi) is 7.71. The summed E-state index contributed by atoms with van der Waals surface area (Å²) in [5.74, 6) is 1.53. The number of hydrogen-bond donors (Lipinski definition) is 0. The molecular weight excluding hydrogens is 504 g/mol. The van der Waals surface area contributed by atoms with E-state index < -0.39 is 0 Å². The van der Waals surface area contributed by atoms with Crippen molar-refractivity contribution in [1.82, 2.24) is 0 Å². The number of benzene rings is 4. The van der Waals surface area contributed by atoms with E-state index in [1.54, 1.807) is 0 Å². The molecule has 2 heterocycles. The lowest BCUT2D eigenvalue weighted by molar-refractivity contribution is 0.0917. The summed E-state index contributed by atoms with van der Waals surface area (Å²) in [7, 11) is 0. The Morgan fingerprint density at radius 2 is 0.825 bits per heavy atom. The standard InChI is InChI=1S/C34H30O6/c35-33(27-5-1-23(2-6-27)25-9-13-29(14-10-25)37-19-31-21-39-31)17-18-34(36)28-7-3-24(4-8-28)26-11-15-30(16-12-26)38-20-32-22-40-32/h1-16,31-32H,17-22H2. The Bertz CT molecular complexity index is 1330. The molecule has 6 nitrogen and oxygen atoms in total. The second-order valence-corrected chi connectivity index (χ2v) is 10.1. The van der Waals surface area contributed by atoms with Gasteiger partial charge in [0.2, 0.25) is 0 Å². The van der Waals surface area contributed by atoms with Gasteiger partial charge in [0.1, 0.15) is 36.9 Å². The van der Waals surface area contributed by atoms with Crippen molar-refractivity contribution < 1.29 is 28.5 Å². The fraction of sp³-hybridized carbons (Fsp3) is 0.235. The van der Waals surface area contributed by atoms with Gasteiger partial charge in [-0.1, -0.05) is 72.8 Å². The summed E-state index contributed by atoms with van der Waals surface area (Å²) in [6, 6.07) is 30.8. The Hall–Kier alpha value is -4.26. The Labute approximate surface area is 233 Å². The van der Waals surface area contributed by atoms with Crippen LogP contribution in [0.4, 0.5) is 0 Å². The van der Waals surface area contributed by atoms with E-state index in [-0.39, 0.29) is 36.6 Å². The van der Waals surface area contributed by atoms with E-state index in [2.05, 4.69) is 0 Å². The normalized spacial score (nSPS) is 17.2. The van der Waals surface area contributed by atoms with Crippen LogP contribution in [0.2, 0.25) is 0 Å². The van der Waals surface area contributed by atoms with Gasteiger partial charge in [0.25, 0.3) is 0 Å². The summed E-state index contributed by atoms with van der Waals surface area (Å²) >= 11 is 0. The fourth-order valence-electron chi connectivity index (χ4n) is 4.41. The van der Waals surface area contributed by atoms with Crippen LogP contribution in [-0.4, -0.2) is 50.2 Å². The predicted octanol–water partition coefficient (Wildman–Crippen LogP) is 6.42. The summed E-state index contributed by atoms with van der Waals surface area (Å²) in [6.07, 6.45) is 0.792. The number of ether oxygens (including phenoxy) is 4. The lowest BCUT2D eigenvalue weighted by Crippen LogP contribution is -2.05. The number of ketones is 2. The van der Waals surface area contributed by atoms with Crippen LogP contribution in [0.3, 0.4) is 0 Å². The molecular formula is C34H30O6. The number of carbonyl (C=O) groups is 2. The van der Waals surface area contributed by atoms with Crippen molar-refractivity contribution in [2.24, 2.45) is 0 Å². The van der Waals surface area contributed by atoms with Gasteiger partial charge in [-0.25, -0.2) is 0 Å². The average molecular weight is 535 g/mol. The van der Waals surface area contributed by atoms with Gasteiger partial charge in [0.15, 0.2) is 11.6 Å². The van der Waals surface area contributed by atoms with Crippen LogP contribution in [0.15, 0.2) is 97.1 Å². The first-order valence-corrected chi connectivity index (χ1v) is 13.6. The van der Waals surface area contributed by atoms with Gasteiger partial charge in [-0.05, 0) is 46.5 Å². The van der Waals surface area contributed by atoms with Crippen LogP contribution in [0, 0.1) is 0 Å². The van der Waals surface area contributed by atoms with Gasteiger partial charge < -0.3 is 18.9 Å². The average Bonchev–Trinajstić information content (AvgIpc) is 3.94. The molecule has 6 heteroatoms. The highest BCUT2D eigenvalue weighted by Gasteiger charge is 2.23. The highest BCUT2D eigenvalue weighted by atomic mass is 16.6. The molecule has 0 radical (unpaired) electrons. The molecule has 6 rings (SSSR count). The lowest BCUT2D eigenvalue weighted by atomic mass is 9.98. The van der Waals surface area contributed by atoms with E-state index >= 15 is 0 Å². The molecule has 0 N–H and O–H groups in total. The molecule has 40 heavy (non-hydrogen) atoms. The maximum atomic E-state index is 12.8. The first-order chi connectivity index (χ1) is 19.6. The molecule has 4 aromatic rings. The second kappa shape index (κ2) is 11.9. The van der Waals surface area contributed by atoms with E-state index in [0.29, 0.717) is 24.3 Å². The zero-order valence-corrected chi connectivity index (χ0v) is 22.1. The number of rotatable bonds is 13. The zero-order chi connectivity index (χ0) is 27.3. The van der Waals surface area contributed by atoms with Crippen LogP contribution in [0.1, 0.15) is 33.6 Å². The van der Waals surface area contributed by atoms with Gasteiger partial charge in [0.05, 0.1) is 13.2 Å². The van der Waals surface area contributed by atoms with E-state index in [0.717, 1.165) is 47.0 Å². The summed E-state index contributed by atoms with van der Waals surface area (Å²) < 4.78 is 21.7. The van der Waals surface area contributed by atoms with Gasteiger partial charge in [-0.3, -0.25) is 9.59 Å². The largest absolute Gasteiger partial charge is 0.491 e. The van der Waals surface area contributed by atoms with Crippen molar-refractivity contribution in [3.63, 3.8) is 0 Å². The predicted molar refractivity (Wildman–Crippen MR) is 152 cm³/mol. The smallest absolute Gasteiger partial charge is 0.163 e. The highest BCUT2D eigenvalue weighted by Crippen LogP contribution is 2.26. The summed E-state index contributed by atoms with van der Waals surface area (Å²) in [5.41, 5.74) is 5.32. The molecule has 0 saturated carbocycles. The van der Waals surface area contributed by atoms with Gasteiger partial charge in [0, 0.05) is 24.0 Å². The van der Waals surface area contributed by atoms with Crippen molar-refractivity contribution >= 4 is 11.6 Å². The third-order valence-corrected chi connectivity index (χ3v) is 7.04. The van der Waals surface area contributed by atoms with Crippen LogP contribution >= 0.6 is 0 Å². The molecule has 4 aromatic carbocycles. The molecule has 2 aliphatic heterocycles. The van der Waals surface area contributed by atoms with Gasteiger partial charge in [-0.2, -0.15) is 0 Å². The topological polar surface area (TPSA) is 77.7 Å². The number of carbonyl (C=O) groups excluding carboxylic acids is 2. The fourth-order valence-corrected chi connectivity index (χ4v) is 4.41. The molecule has 2 aliphatic rings. The molecule has 2 saturated heterocycles. The molecule has 0 bridgehead atoms. The van der Waals surface area contributed by atoms with Crippen molar-refractivity contribution in [1.29, 1.82) is 0 Å². The third kappa shape index (κ3) is 6.84. The van der Waals surface area contributed by atoms with Crippen molar-refractivity contribution in [2.75, 3.05) is 26.4 Å². The maximum Gasteiger partial charge on any atom is 0.163 e. The first-order valence-electron chi connectivity index (χ1n) is 13.6. The molecule has 0 spiro atoms. The van der Waals surface area contributed by atoms with Gasteiger partial charge in [-0.15, -0.1) is 0 Å². The van der Waals surface area contributed by atoms with Gasteiger partial charge >= 0.3 is 0 Å². The number of hydrogen-bond acceptors (Lipinski definition) is 6. The van der Waals surface area contributed by atoms with Crippen LogP contribution in [-0.2, 0) is 9.47 Å². The number of epoxide rings is 2. The summed E-state index contributed by atoms with van der Waals surface area (Å²) in [5, 5.41) is 0. The van der Waals surface area contributed by atoms with Crippen LogP contribution in [0.25, 0.3) is 22.3 Å². The Morgan fingerprint density at radius 3 is 1.12 bits per heavy atom. The van der Waals surface area contributed by atoms with Crippen LogP contribution in [0.5, 0.6) is 11.5 Å². The Morgan fingerprint density at radius 1 is 0.525 bits per heavy atom. The summed E-state index contributed by atoms with van der Waals surface area (Å²) in [6.45, 7) is 2.69. The van der Waals surface area contributed by atoms with E-state index in [9.17, 15) is 9.59 Å². The molecule has 2 atom stereocenters. The molecule has 0 aliphatic carbocycles. The molecule has 202 valence electrons. The SMILES string of the molecule is O=C(CCC(=O)c1ccc(-c2ccc(OCC3CO3)cc2)cc1)c1ccc(-c2ccc(OCC3CO3)cc2)cc1. The second-order valence-electron chi connectivity index (χ2n) is 10.1. The zero-order valence-electron chi connectivity index (χ0n) is 22.1. The third-order valence-electron chi connectivity index (χ3n) is 7.04. The molecule has 0 amide bonds. The monoisotopic (exact) mass is 534 g/mol. The molecule has 2 fully saturated rings. The van der Waals surface area contributed by atoms with E-state index in [4.69, 9.17) is 18.9 Å². The van der Waals surface area contributed by atoms with E-state index in [1.165, 1.54) is 0 Å². The minimum atomic E-state index is -0.0434. The first kappa shape index (κ1) is 26.0. The Balaban J connectivity index is 0.988. The lowest BCUT2D eigenvalue weighted by Gasteiger charge is -2.08. The highest BCUT2D eigenvalue weighted by molar-refractivity contribution is 6.02. The van der Waals surface area contributed by atoms with E-state index in [1.807, 2.05) is 97.1 Å². The minimum Gasteiger partial charge on any atom is -0.491 e. The quantitative estimate of drug-likeness (QED) is 0.145. The maximum absolute atomic E-state index is 12.8. The molecule has 2 unspecified atom stereocenters. The minimum absolute atomic E-state index is 0.0434. The molecule has 0 aromatic heterocycles. The van der Waals surface area contributed by atoms with Crippen molar-refractivity contribution in [3.8, 4) is 33.8 Å². The van der Waals surface area contributed by atoms with Crippen molar-refractivity contribution in [2.45, 2.75) is 25.0 Å². The number of Topliss-reactive ketones (excluding diaryl/α,β-unsaturated/α-hetero) is 2. The van der Waals surface area contributed by atoms with Crippen LogP contribution < -0.4 is 9.47 Å².